The number of ether oxygens (including phenoxy) is 1. The highest BCUT2D eigenvalue weighted by Crippen LogP contribution is 2.35. The number of nitrogens with one attached hydrogen (secondary N) is 1. The van der Waals surface area contributed by atoms with Crippen LogP contribution in [-0.2, 0) is 4.74 Å². The lowest BCUT2D eigenvalue weighted by molar-refractivity contribution is 0.0126. The molecular weight excluding hydrogens is 266 g/mol. The van der Waals surface area contributed by atoms with E-state index in [1.807, 2.05) is 0 Å². The van der Waals surface area contributed by atoms with E-state index in [1.165, 1.54) is 12.5 Å². The summed E-state index contributed by atoms with van der Waals surface area (Å²) in [5.41, 5.74) is 0.546. The summed E-state index contributed by atoms with van der Waals surface area (Å²) in [7, 11) is 0. The Morgan fingerprint density at radius 1 is 1.38 bits per heavy atom. The second-order valence-corrected chi connectivity index (χ2v) is 6.45. The lowest BCUT2D eigenvalue weighted by Crippen LogP contribution is -2.36. The molecule has 4 nitrogen and oxygen atoms in total. The Morgan fingerprint density at radius 2 is 2.14 bits per heavy atom. The highest BCUT2D eigenvalue weighted by Gasteiger charge is 2.33. The van der Waals surface area contributed by atoms with Gasteiger partial charge in [-0.3, -0.25) is 5.32 Å². The fourth-order valence-corrected chi connectivity index (χ4v) is 3.12. The topological polar surface area (TPSA) is 58.6 Å². The molecule has 1 aromatic carbocycles. The fraction of sp³-hybridized carbons (Fsp3) is 0.588. The molecule has 1 saturated carbocycles. The highest BCUT2D eigenvalue weighted by atomic mass is 16.6. The van der Waals surface area contributed by atoms with Gasteiger partial charge >= 0.3 is 6.09 Å². The molecule has 1 aliphatic carbocycles. The molecule has 3 atom stereocenters. The van der Waals surface area contributed by atoms with Gasteiger partial charge in [-0.15, -0.1) is 0 Å². The molecule has 3 unspecified atom stereocenters. The minimum absolute atomic E-state index is 0.0222. The van der Waals surface area contributed by atoms with Gasteiger partial charge in [-0.05, 0) is 42.7 Å². The molecule has 21 heavy (non-hydrogen) atoms. The molecule has 0 saturated heterocycles. The first-order valence-electron chi connectivity index (χ1n) is 7.72. The van der Waals surface area contributed by atoms with Gasteiger partial charge < -0.3 is 9.84 Å². The molecule has 4 heteroatoms. The molecule has 0 spiro atoms. The van der Waals surface area contributed by atoms with Crippen molar-refractivity contribution in [1.82, 2.24) is 0 Å². The van der Waals surface area contributed by atoms with Crippen molar-refractivity contribution in [2.24, 2.45) is 17.8 Å². The minimum atomic E-state index is -0.439. The number of carbonyl (C=O) groups is 1. The van der Waals surface area contributed by atoms with Crippen LogP contribution in [0.1, 0.15) is 40.0 Å². The third kappa shape index (κ3) is 4.38. The minimum Gasteiger partial charge on any atom is -0.508 e. The van der Waals surface area contributed by atoms with Gasteiger partial charge in [-0.25, -0.2) is 4.79 Å². The first-order chi connectivity index (χ1) is 9.95. The average Bonchev–Trinajstić information content (AvgIpc) is 2.38. The van der Waals surface area contributed by atoms with Gasteiger partial charge in [0, 0.05) is 11.8 Å². The SMILES string of the molecule is CC1CCC(C(C)C)C(OC(=O)Nc2cccc(O)c2)C1. The Balaban J connectivity index is 1.96. The molecule has 1 amide bonds. The van der Waals surface area contributed by atoms with Crippen molar-refractivity contribution in [1.29, 1.82) is 0 Å². The Morgan fingerprint density at radius 3 is 2.81 bits per heavy atom. The van der Waals surface area contributed by atoms with Gasteiger partial charge in [0.1, 0.15) is 11.9 Å². The van der Waals surface area contributed by atoms with Crippen LogP contribution in [0.5, 0.6) is 5.75 Å². The Bertz CT molecular complexity index is 487. The van der Waals surface area contributed by atoms with Crippen molar-refractivity contribution < 1.29 is 14.6 Å². The zero-order valence-corrected chi connectivity index (χ0v) is 13.0. The third-order valence-electron chi connectivity index (χ3n) is 4.31. The third-order valence-corrected chi connectivity index (χ3v) is 4.31. The van der Waals surface area contributed by atoms with E-state index >= 15 is 0 Å². The summed E-state index contributed by atoms with van der Waals surface area (Å²) in [5.74, 6) is 1.66. The molecule has 0 aliphatic heterocycles. The molecule has 1 aromatic rings. The molecule has 1 aliphatic rings. The van der Waals surface area contributed by atoms with E-state index in [1.54, 1.807) is 18.2 Å². The maximum absolute atomic E-state index is 12.1. The van der Waals surface area contributed by atoms with E-state index in [0.717, 1.165) is 12.8 Å². The van der Waals surface area contributed by atoms with Crippen molar-refractivity contribution >= 4 is 11.8 Å². The van der Waals surface area contributed by atoms with Gasteiger partial charge in [-0.2, -0.15) is 0 Å². The van der Waals surface area contributed by atoms with E-state index in [-0.39, 0.29) is 11.9 Å². The number of benzene rings is 1. The predicted molar refractivity (Wildman–Crippen MR) is 83.3 cm³/mol. The fourth-order valence-electron chi connectivity index (χ4n) is 3.12. The lowest BCUT2D eigenvalue weighted by atomic mass is 9.75. The summed E-state index contributed by atoms with van der Waals surface area (Å²) in [5, 5.41) is 12.1. The first-order valence-corrected chi connectivity index (χ1v) is 7.72. The second-order valence-electron chi connectivity index (χ2n) is 6.45. The molecule has 0 radical (unpaired) electrons. The van der Waals surface area contributed by atoms with Gasteiger partial charge in [0.05, 0.1) is 0 Å². The van der Waals surface area contributed by atoms with Gasteiger partial charge in [0.25, 0.3) is 0 Å². The molecule has 2 N–H and O–H groups in total. The Hall–Kier alpha value is -1.71. The van der Waals surface area contributed by atoms with Crippen LogP contribution in [0, 0.1) is 17.8 Å². The number of hydrogen-bond donors (Lipinski definition) is 2. The second kappa shape index (κ2) is 6.83. The summed E-state index contributed by atoms with van der Waals surface area (Å²) < 4.78 is 5.65. The van der Waals surface area contributed by atoms with E-state index in [4.69, 9.17) is 4.74 Å². The normalized spacial score (nSPS) is 25.6. The van der Waals surface area contributed by atoms with Crippen LogP contribution in [-0.4, -0.2) is 17.3 Å². The summed E-state index contributed by atoms with van der Waals surface area (Å²) >= 11 is 0. The molecular formula is C17H25NO3. The predicted octanol–water partition coefficient (Wildman–Crippen LogP) is 4.40. The maximum atomic E-state index is 12.1. The molecule has 1 fully saturated rings. The smallest absolute Gasteiger partial charge is 0.411 e. The Labute approximate surface area is 126 Å². The highest BCUT2D eigenvalue weighted by molar-refractivity contribution is 5.84. The van der Waals surface area contributed by atoms with Crippen LogP contribution in [0.2, 0.25) is 0 Å². The van der Waals surface area contributed by atoms with Gasteiger partial charge in [0.15, 0.2) is 0 Å². The average molecular weight is 291 g/mol. The number of amides is 1. The number of rotatable bonds is 3. The summed E-state index contributed by atoms with van der Waals surface area (Å²) in [6.07, 6.45) is 2.78. The van der Waals surface area contributed by atoms with Crippen LogP contribution < -0.4 is 5.32 Å². The van der Waals surface area contributed by atoms with Crippen LogP contribution >= 0.6 is 0 Å². The van der Waals surface area contributed by atoms with Crippen molar-refractivity contribution in [2.75, 3.05) is 5.32 Å². The van der Waals surface area contributed by atoms with Crippen LogP contribution in [0.15, 0.2) is 24.3 Å². The van der Waals surface area contributed by atoms with Crippen LogP contribution in [0.3, 0.4) is 0 Å². The zero-order chi connectivity index (χ0) is 15.4. The number of carbonyl (C=O) groups excluding carboxylic acids is 1. The van der Waals surface area contributed by atoms with Crippen molar-refractivity contribution in [3.05, 3.63) is 24.3 Å². The molecule has 0 heterocycles. The number of phenols is 1. The molecule has 0 bridgehead atoms. The van der Waals surface area contributed by atoms with E-state index in [9.17, 15) is 9.90 Å². The Kier molecular flexibility index (Phi) is 5.10. The molecule has 2 rings (SSSR count). The van der Waals surface area contributed by atoms with Gasteiger partial charge in [0.2, 0.25) is 0 Å². The molecule has 116 valence electrons. The van der Waals surface area contributed by atoms with E-state index < -0.39 is 6.09 Å². The summed E-state index contributed by atoms with van der Waals surface area (Å²) in [4.78, 5) is 12.1. The summed E-state index contributed by atoms with van der Waals surface area (Å²) in [6, 6.07) is 6.48. The quantitative estimate of drug-likeness (QED) is 0.867. The van der Waals surface area contributed by atoms with Crippen LogP contribution in [0.4, 0.5) is 10.5 Å². The number of phenolic OH excluding ortho intramolecular Hbond substituents is 1. The molecule has 0 aromatic heterocycles. The lowest BCUT2D eigenvalue weighted by Gasteiger charge is -2.36. The van der Waals surface area contributed by atoms with Crippen molar-refractivity contribution in [2.45, 2.75) is 46.1 Å². The first kappa shape index (κ1) is 15.7. The van der Waals surface area contributed by atoms with Crippen molar-refractivity contribution in [3.8, 4) is 5.75 Å². The standard InChI is InChI=1S/C17H25NO3/c1-11(2)15-8-7-12(3)9-16(15)21-17(20)18-13-5-4-6-14(19)10-13/h4-6,10-12,15-16,19H,7-9H2,1-3H3,(H,18,20). The van der Waals surface area contributed by atoms with Crippen molar-refractivity contribution in [3.63, 3.8) is 0 Å². The number of hydrogen-bond acceptors (Lipinski definition) is 3. The van der Waals surface area contributed by atoms with E-state index in [0.29, 0.717) is 23.4 Å². The van der Waals surface area contributed by atoms with E-state index in [2.05, 4.69) is 26.1 Å². The van der Waals surface area contributed by atoms with Crippen LogP contribution in [0.25, 0.3) is 0 Å². The number of aromatic hydroxyl groups is 1. The zero-order valence-electron chi connectivity index (χ0n) is 13.0. The monoisotopic (exact) mass is 291 g/mol. The largest absolute Gasteiger partial charge is 0.508 e. The van der Waals surface area contributed by atoms with Gasteiger partial charge in [-0.1, -0.05) is 33.3 Å². The summed E-state index contributed by atoms with van der Waals surface area (Å²) in [6.45, 7) is 6.58. The number of anilines is 1. The maximum Gasteiger partial charge on any atom is 0.411 e.